The second-order valence-electron chi connectivity index (χ2n) is 5.04. The van der Waals surface area contributed by atoms with Gasteiger partial charge in [0.15, 0.2) is 9.84 Å². The predicted molar refractivity (Wildman–Crippen MR) is 62.0 cm³/mol. The number of hydrogen-bond donors (Lipinski definition) is 1. The summed E-state index contributed by atoms with van der Waals surface area (Å²) in [5.41, 5.74) is 0. The Kier molecular flexibility index (Phi) is 3.99. The molecule has 0 saturated heterocycles. The Morgan fingerprint density at radius 1 is 1.31 bits per heavy atom. The summed E-state index contributed by atoms with van der Waals surface area (Å²) in [5.74, 6) is -1.39. The minimum absolute atomic E-state index is 0.305. The molecule has 4 nitrogen and oxygen atoms in total. The molecule has 0 spiro atoms. The predicted octanol–water partition coefficient (Wildman–Crippen LogP) is 1.70. The fourth-order valence-electron chi connectivity index (χ4n) is 2.36. The molecule has 3 unspecified atom stereocenters. The number of aliphatic carboxylic acids is 1. The fraction of sp³-hybridized carbons (Fsp3) is 0.909. The first-order chi connectivity index (χ1) is 7.26. The van der Waals surface area contributed by atoms with Gasteiger partial charge in [0.2, 0.25) is 0 Å². The van der Waals surface area contributed by atoms with Crippen molar-refractivity contribution in [2.45, 2.75) is 50.5 Å². The zero-order valence-corrected chi connectivity index (χ0v) is 10.8. The van der Waals surface area contributed by atoms with Gasteiger partial charge in [-0.2, -0.15) is 0 Å². The van der Waals surface area contributed by atoms with Crippen molar-refractivity contribution in [2.24, 2.45) is 11.8 Å². The molecule has 0 aromatic carbocycles. The first-order valence-corrected chi connectivity index (χ1v) is 7.33. The molecule has 1 fully saturated rings. The van der Waals surface area contributed by atoms with E-state index in [2.05, 4.69) is 0 Å². The smallest absolute Gasteiger partial charge is 0.307 e. The van der Waals surface area contributed by atoms with E-state index in [1.54, 1.807) is 13.8 Å². The van der Waals surface area contributed by atoms with E-state index < -0.39 is 32.2 Å². The minimum Gasteiger partial charge on any atom is -0.481 e. The number of carbonyl (C=O) groups is 1. The Labute approximate surface area is 97.0 Å². The molecule has 5 heteroatoms. The van der Waals surface area contributed by atoms with E-state index >= 15 is 0 Å². The van der Waals surface area contributed by atoms with Gasteiger partial charge in [0, 0.05) is 0 Å². The van der Waals surface area contributed by atoms with Crippen molar-refractivity contribution < 1.29 is 18.3 Å². The Morgan fingerprint density at radius 2 is 1.88 bits per heavy atom. The average molecular weight is 248 g/mol. The van der Waals surface area contributed by atoms with Crippen LogP contribution in [-0.2, 0) is 14.6 Å². The van der Waals surface area contributed by atoms with Crippen molar-refractivity contribution in [3.63, 3.8) is 0 Å². The third-order valence-electron chi connectivity index (χ3n) is 3.45. The molecule has 0 aromatic rings. The Bertz CT molecular complexity index is 358. The van der Waals surface area contributed by atoms with Gasteiger partial charge in [0.05, 0.1) is 16.4 Å². The van der Waals surface area contributed by atoms with Crippen molar-refractivity contribution in [2.75, 3.05) is 0 Å². The maximum absolute atomic E-state index is 12.0. The maximum Gasteiger partial charge on any atom is 0.307 e. The summed E-state index contributed by atoms with van der Waals surface area (Å²) in [5, 5.41) is 7.92. The van der Waals surface area contributed by atoms with Crippen LogP contribution in [0.15, 0.2) is 0 Å². The summed E-state index contributed by atoms with van der Waals surface area (Å²) in [6.07, 6.45) is 1.77. The summed E-state index contributed by atoms with van der Waals surface area (Å²) in [4.78, 5) is 11.1. The van der Waals surface area contributed by atoms with Crippen molar-refractivity contribution >= 4 is 15.8 Å². The van der Waals surface area contributed by atoms with Crippen molar-refractivity contribution in [1.82, 2.24) is 0 Å². The molecule has 94 valence electrons. The van der Waals surface area contributed by atoms with Gasteiger partial charge < -0.3 is 5.11 Å². The molecule has 1 aliphatic rings. The molecule has 1 rings (SSSR count). The molecule has 0 aromatic heterocycles. The summed E-state index contributed by atoms with van der Waals surface area (Å²) in [6, 6.07) is 0. The van der Waals surface area contributed by atoms with E-state index in [9.17, 15) is 13.2 Å². The summed E-state index contributed by atoms with van der Waals surface area (Å²) >= 11 is 0. The van der Waals surface area contributed by atoms with Crippen LogP contribution in [0.5, 0.6) is 0 Å². The first kappa shape index (κ1) is 13.5. The van der Waals surface area contributed by atoms with Gasteiger partial charge in [-0.3, -0.25) is 4.79 Å². The first-order valence-electron chi connectivity index (χ1n) is 5.72. The Morgan fingerprint density at radius 3 is 2.31 bits per heavy atom. The zero-order chi connectivity index (χ0) is 12.5. The second-order valence-corrected chi connectivity index (χ2v) is 7.77. The van der Waals surface area contributed by atoms with Crippen LogP contribution in [0.4, 0.5) is 0 Å². The highest BCUT2D eigenvalue weighted by molar-refractivity contribution is 7.92. The lowest BCUT2D eigenvalue weighted by Crippen LogP contribution is -2.42. The van der Waals surface area contributed by atoms with Gasteiger partial charge in [0.25, 0.3) is 0 Å². The van der Waals surface area contributed by atoms with Gasteiger partial charge in [0.1, 0.15) is 0 Å². The summed E-state index contributed by atoms with van der Waals surface area (Å²) in [6.45, 7) is 5.21. The highest BCUT2D eigenvalue weighted by Crippen LogP contribution is 2.34. The molecule has 1 N–H and O–H groups in total. The van der Waals surface area contributed by atoms with E-state index in [1.165, 1.54) is 0 Å². The van der Waals surface area contributed by atoms with Crippen LogP contribution in [-0.4, -0.2) is 30.0 Å². The van der Waals surface area contributed by atoms with Crippen LogP contribution in [0, 0.1) is 11.8 Å². The van der Waals surface area contributed by atoms with Gasteiger partial charge >= 0.3 is 5.97 Å². The molecule has 0 heterocycles. The van der Waals surface area contributed by atoms with Crippen LogP contribution in [0.1, 0.15) is 40.0 Å². The molecule has 3 atom stereocenters. The van der Waals surface area contributed by atoms with Crippen LogP contribution in [0.2, 0.25) is 0 Å². The SMILES string of the molecule is CC1CCC(S(=O)(=O)C(C)C)C(C(=O)O)C1. The monoisotopic (exact) mass is 248 g/mol. The quantitative estimate of drug-likeness (QED) is 0.825. The molecular weight excluding hydrogens is 228 g/mol. The Balaban J connectivity index is 2.98. The molecule has 1 aliphatic carbocycles. The molecule has 0 radical (unpaired) electrons. The lowest BCUT2D eigenvalue weighted by atomic mass is 9.82. The fourth-order valence-corrected chi connectivity index (χ4v) is 4.20. The van der Waals surface area contributed by atoms with Gasteiger partial charge in [-0.15, -0.1) is 0 Å². The van der Waals surface area contributed by atoms with Crippen LogP contribution < -0.4 is 0 Å². The van der Waals surface area contributed by atoms with Crippen molar-refractivity contribution in [3.8, 4) is 0 Å². The maximum atomic E-state index is 12.0. The van der Waals surface area contributed by atoms with E-state index in [0.29, 0.717) is 18.8 Å². The third-order valence-corrected chi connectivity index (χ3v) is 6.17. The average Bonchev–Trinajstić information content (AvgIpc) is 2.16. The number of rotatable bonds is 3. The highest BCUT2D eigenvalue weighted by Gasteiger charge is 2.42. The normalized spacial score (nSPS) is 31.6. The molecule has 0 bridgehead atoms. The summed E-state index contributed by atoms with van der Waals surface area (Å²) < 4.78 is 24.1. The van der Waals surface area contributed by atoms with Gasteiger partial charge in [-0.25, -0.2) is 8.42 Å². The Hall–Kier alpha value is -0.580. The molecular formula is C11H20O4S. The molecule has 16 heavy (non-hydrogen) atoms. The minimum atomic E-state index is -3.30. The van der Waals surface area contributed by atoms with Gasteiger partial charge in [-0.05, 0) is 39.0 Å². The van der Waals surface area contributed by atoms with E-state index in [4.69, 9.17) is 5.11 Å². The lowest BCUT2D eigenvalue weighted by Gasteiger charge is -2.32. The van der Waals surface area contributed by atoms with E-state index in [0.717, 1.165) is 6.42 Å². The number of sulfone groups is 1. The largest absolute Gasteiger partial charge is 0.481 e. The van der Waals surface area contributed by atoms with Crippen LogP contribution in [0.25, 0.3) is 0 Å². The van der Waals surface area contributed by atoms with Crippen LogP contribution >= 0.6 is 0 Å². The molecule has 1 saturated carbocycles. The highest BCUT2D eigenvalue weighted by atomic mass is 32.2. The van der Waals surface area contributed by atoms with E-state index in [1.807, 2.05) is 6.92 Å². The zero-order valence-electron chi connectivity index (χ0n) is 10.0. The number of carboxylic acid groups (broad SMARTS) is 1. The number of hydrogen-bond acceptors (Lipinski definition) is 3. The van der Waals surface area contributed by atoms with Crippen molar-refractivity contribution in [3.05, 3.63) is 0 Å². The molecule has 0 amide bonds. The van der Waals surface area contributed by atoms with Gasteiger partial charge in [-0.1, -0.05) is 6.92 Å². The second kappa shape index (κ2) is 4.73. The van der Waals surface area contributed by atoms with Crippen LogP contribution in [0.3, 0.4) is 0 Å². The third kappa shape index (κ3) is 2.56. The molecule has 0 aliphatic heterocycles. The van der Waals surface area contributed by atoms with E-state index in [-0.39, 0.29) is 0 Å². The topological polar surface area (TPSA) is 71.4 Å². The van der Waals surface area contributed by atoms with Crippen molar-refractivity contribution in [1.29, 1.82) is 0 Å². The number of carboxylic acids is 1. The standard InChI is InChI=1S/C11H20O4S/c1-7(2)16(14,15)10-5-4-8(3)6-9(10)11(12)13/h7-10H,4-6H2,1-3H3,(H,12,13). The summed E-state index contributed by atoms with van der Waals surface area (Å²) in [7, 11) is -3.30. The lowest BCUT2D eigenvalue weighted by molar-refractivity contribution is -0.143.